The van der Waals surface area contributed by atoms with Crippen molar-refractivity contribution in [2.75, 3.05) is 26.7 Å². The van der Waals surface area contributed by atoms with Crippen molar-refractivity contribution in [2.45, 2.75) is 19.4 Å². The van der Waals surface area contributed by atoms with Gasteiger partial charge in [0.2, 0.25) is 0 Å². The smallest absolute Gasteiger partial charge is 0.261 e. The van der Waals surface area contributed by atoms with Gasteiger partial charge in [-0.2, -0.15) is 0 Å². The summed E-state index contributed by atoms with van der Waals surface area (Å²) < 4.78 is 5.30. The minimum absolute atomic E-state index is 0.0444. The molecule has 34 heavy (non-hydrogen) atoms. The lowest BCUT2D eigenvalue weighted by Gasteiger charge is -2.32. The van der Waals surface area contributed by atoms with Crippen LogP contribution >= 0.6 is 34.5 Å². The minimum atomic E-state index is -0.0444. The molecule has 1 aliphatic rings. The summed E-state index contributed by atoms with van der Waals surface area (Å²) in [5.74, 6) is 1.03. The maximum atomic E-state index is 12.9. The Morgan fingerprint density at radius 3 is 2.74 bits per heavy atom. The van der Waals surface area contributed by atoms with Crippen LogP contribution in [0.25, 0.3) is 21.1 Å². The van der Waals surface area contributed by atoms with Crippen LogP contribution in [0, 0.1) is 5.92 Å². The Morgan fingerprint density at radius 1 is 1.15 bits per heavy atom. The molecule has 0 unspecified atom stereocenters. The number of piperidine rings is 1. The summed E-state index contributed by atoms with van der Waals surface area (Å²) in [6.07, 6.45) is 2.14. The molecule has 4 aromatic rings. The molecule has 1 N–H and O–H groups in total. The molecule has 5 nitrogen and oxygen atoms in total. The van der Waals surface area contributed by atoms with Gasteiger partial charge < -0.3 is 10.1 Å². The van der Waals surface area contributed by atoms with E-state index in [2.05, 4.69) is 16.3 Å². The van der Waals surface area contributed by atoms with Crippen molar-refractivity contribution < 1.29 is 9.53 Å². The Morgan fingerprint density at radius 2 is 1.97 bits per heavy atom. The summed E-state index contributed by atoms with van der Waals surface area (Å²) in [6.45, 7) is 3.66. The van der Waals surface area contributed by atoms with Crippen LogP contribution in [0.3, 0.4) is 0 Å². The van der Waals surface area contributed by atoms with Crippen molar-refractivity contribution in [3.63, 3.8) is 0 Å². The number of rotatable bonds is 6. The summed E-state index contributed by atoms with van der Waals surface area (Å²) >= 11 is 13.9. The van der Waals surface area contributed by atoms with Gasteiger partial charge in [0.1, 0.15) is 15.6 Å². The fourth-order valence-electron chi connectivity index (χ4n) is 4.48. The summed E-state index contributed by atoms with van der Waals surface area (Å²) in [5.41, 5.74) is 1.93. The molecule has 8 heteroatoms. The van der Waals surface area contributed by atoms with Crippen LogP contribution in [0.15, 0.2) is 48.5 Å². The fraction of sp³-hybridized carbons (Fsp3) is 0.308. The van der Waals surface area contributed by atoms with Crippen LogP contribution in [-0.4, -0.2) is 42.5 Å². The first kappa shape index (κ1) is 23.4. The minimum Gasteiger partial charge on any atom is -0.495 e. The zero-order chi connectivity index (χ0) is 23.7. The van der Waals surface area contributed by atoms with Crippen molar-refractivity contribution in [2.24, 2.45) is 5.92 Å². The van der Waals surface area contributed by atoms with E-state index >= 15 is 0 Å². The number of pyridine rings is 1. The van der Waals surface area contributed by atoms with Gasteiger partial charge in [0.05, 0.1) is 17.5 Å². The second-order valence-electron chi connectivity index (χ2n) is 8.71. The zero-order valence-electron chi connectivity index (χ0n) is 18.8. The van der Waals surface area contributed by atoms with Gasteiger partial charge in [-0.3, -0.25) is 9.69 Å². The second kappa shape index (κ2) is 10.1. The Balaban J connectivity index is 1.19. The number of fused-ring (bicyclic) bond motifs is 2. The van der Waals surface area contributed by atoms with Gasteiger partial charge in [-0.15, -0.1) is 11.3 Å². The number of thiophene rings is 1. The average molecular weight is 514 g/mol. The zero-order valence-corrected chi connectivity index (χ0v) is 21.1. The lowest BCUT2D eigenvalue weighted by Crippen LogP contribution is -2.38. The number of benzene rings is 2. The van der Waals surface area contributed by atoms with E-state index in [0.29, 0.717) is 33.6 Å². The fourth-order valence-corrected chi connectivity index (χ4v) is 5.92. The van der Waals surface area contributed by atoms with Gasteiger partial charge in [-0.25, -0.2) is 4.98 Å². The molecule has 1 aliphatic heterocycles. The topological polar surface area (TPSA) is 54.5 Å². The van der Waals surface area contributed by atoms with Crippen molar-refractivity contribution >= 4 is 61.6 Å². The number of aromatic nitrogens is 1. The number of halogens is 2. The molecule has 2 aromatic carbocycles. The Labute approximate surface area is 212 Å². The van der Waals surface area contributed by atoms with Crippen LogP contribution in [-0.2, 0) is 6.54 Å². The van der Waals surface area contributed by atoms with E-state index in [-0.39, 0.29) is 5.91 Å². The molecule has 3 heterocycles. The standard InChI is InChI=1S/C26H25Cl2N3O2S/c1-33-21-6-5-18-12-19-13-22(34-26(19)30-24(18)23(21)28)25(32)29-14-16-7-9-31(10-8-16)15-17-3-2-4-20(27)11-17/h2-6,11-13,16H,7-10,14-15H2,1H3,(H,29,32). The number of carbonyl (C=O) groups excluding carboxylic acids is 1. The normalized spacial score (nSPS) is 15.1. The van der Waals surface area contributed by atoms with Crippen LogP contribution < -0.4 is 10.1 Å². The number of ether oxygens (including phenoxy) is 1. The van der Waals surface area contributed by atoms with E-state index in [1.807, 2.05) is 42.5 Å². The molecule has 1 saturated heterocycles. The molecular formula is C26H25Cl2N3O2S. The van der Waals surface area contributed by atoms with Gasteiger partial charge in [0.25, 0.3) is 5.91 Å². The molecule has 0 spiro atoms. The Hall–Kier alpha value is -2.38. The molecular weight excluding hydrogens is 489 g/mol. The third kappa shape index (κ3) is 5.01. The summed E-state index contributed by atoms with van der Waals surface area (Å²) in [7, 11) is 1.59. The summed E-state index contributed by atoms with van der Waals surface area (Å²) in [6, 6.07) is 15.7. The highest BCUT2D eigenvalue weighted by Gasteiger charge is 2.21. The van der Waals surface area contributed by atoms with Crippen molar-refractivity contribution in [3.05, 3.63) is 69.0 Å². The van der Waals surface area contributed by atoms with Crippen molar-refractivity contribution in [1.82, 2.24) is 15.2 Å². The van der Waals surface area contributed by atoms with Gasteiger partial charge in [0, 0.05) is 28.9 Å². The van der Waals surface area contributed by atoms with E-state index in [9.17, 15) is 4.79 Å². The number of nitrogens with one attached hydrogen (secondary N) is 1. The average Bonchev–Trinajstić information content (AvgIpc) is 3.26. The van der Waals surface area contributed by atoms with Gasteiger partial charge in [0.15, 0.2) is 0 Å². The van der Waals surface area contributed by atoms with Gasteiger partial charge in [-0.05, 0) is 73.8 Å². The Bertz CT molecular complexity index is 1350. The number of nitrogens with zero attached hydrogens (tertiary/aromatic N) is 2. The molecule has 2 aromatic heterocycles. The third-order valence-corrected chi connectivity index (χ3v) is 8.02. The molecule has 0 saturated carbocycles. The highest BCUT2D eigenvalue weighted by Crippen LogP contribution is 2.35. The lowest BCUT2D eigenvalue weighted by molar-refractivity contribution is 0.0939. The van der Waals surface area contributed by atoms with Gasteiger partial charge >= 0.3 is 0 Å². The number of carbonyl (C=O) groups is 1. The highest BCUT2D eigenvalue weighted by atomic mass is 35.5. The van der Waals surface area contributed by atoms with Gasteiger partial charge in [-0.1, -0.05) is 35.3 Å². The van der Waals surface area contributed by atoms with E-state index in [0.717, 1.165) is 53.1 Å². The summed E-state index contributed by atoms with van der Waals surface area (Å²) in [4.78, 5) is 21.5. The van der Waals surface area contributed by atoms with E-state index < -0.39 is 0 Å². The molecule has 0 atom stereocenters. The molecule has 0 bridgehead atoms. The first-order valence-corrected chi connectivity index (χ1v) is 12.9. The monoisotopic (exact) mass is 513 g/mol. The second-order valence-corrected chi connectivity index (χ2v) is 10.6. The number of amides is 1. The maximum absolute atomic E-state index is 12.9. The lowest BCUT2D eigenvalue weighted by atomic mass is 9.96. The Kier molecular flexibility index (Phi) is 6.93. The molecule has 176 valence electrons. The number of likely N-dealkylation sites (tertiary alicyclic amines) is 1. The maximum Gasteiger partial charge on any atom is 0.261 e. The number of hydrogen-bond acceptors (Lipinski definition) is 5. The van der Waals surface area contributed by atoms with Crippen LogP contribution in [0.1, 0.15) is 28.1 Å². The predicted molar refractivity (Wildman–Crippen MR) is 140 cm³/mol. The van der Waals surface area contributed by atoms with Crippen LogP contribution in [0.4, 0.5) is 0 Å². The molecule has 0 radical (unpaired) electrons. The SMILES string of the molecule is COc1ccc2cc3cc(C(=O)NCC4CCN(Cc5cccc(Cl)c5)CC4)sc3nc2c1Cl. The van der Waals surface area contributed by atoms with Crippen molar-refractivity contribution in [3.8, 4) is 5.75 Å². The predicted octanol–water partition coefficient (Wildman–Crippen LogP) is 6.41. The highest BCUT2D eigenvalue weighted by molar-refractivity contribution is 7.20. The third-order valence-electron chi connectivity index (χ3n) is 6.37. The first-order chi connectivity index (χ1) is 16.5. The molecule has 1 amide bonds. The van der Waals surface area contributed by atoms with Crippen LogP contribution in [0.5, 0.6) is 5.75 Å². The molecule has 1 fully saturated rings. The number of methoxy groups -OCH3 is 1. The largest absolute Gasteiger partial charge is 0.495 e. The van der Waals surface area contributed by atoms with E-state index in [4.69, 9.17) is 32.9 Å². The van der Waals surface area contributed by atoms with Crippen LogP contribution in [0.2, 0.25) is 10.0 Å². The summed E-state index contributed by atoms with van der Waals surface area (Å²) in [5, 5.41) is 6.27. The quantitative estimate of drug-likeness (QED) is 0.323. The van der Waals surface area contributed by atoms with Crippen molar-refractivity contribution in [1.29, 1.82) is 0 Å². The first-order valence-electron chi connectivity index (χ1n) is 11.3. The number of hydrogen-bond donors (Lipinski definition) is 1. The molecule has 0 aliphatic carbocycles. The van der Waals surface area contributed by atoms with E-state index in [1.165, 1.54) is 16.9 Å². The molecule has 5 rings (SSSR count). The van der Waals surface area contributed by atoms with E-state index in [1.54, 1.807) is 7.11 Å².